The molecule has 0 aliphatic heterocycles. The number of rotatable bonds is 8. The normalized spacial score (nSPS) is 11.3. The van der Waals surface area contributed by atoms with E-state index in [4.69, 9.17) is 14.2 Å². The van der Waals surface area contributed by atoms with Crippen LogP contribution >= 0.6 is 0 Å². The first-order valence-electron chi connectivity index (χ1n) is 9.58. The highest BCUT2D eigenvalue weighted by Crippen LogP contribution is 2.21. The van der Waals surface area contributed by atoms with Crippen molar-refractivity contribution in [1.82, 2.24) is 0 Å². The van der Waals surface area contributed by atoms with Crippen LogP contribution in [-0.4, -0.2) is 25.1 Å². The van der Waals surface area contributed by atoms with Gasteiger partial charge < -0.3 is 19.5 Å². The summed E-state index contributed by atoms with van der Waals surface area (Å²) in [7, 11) is 1.55. The SMILES string of the molecule is COc1ccc(NC(=O)C(C)OC(=O)c2ccccc2OCc2ccc(F)cc2)cc1. The van der Waals surface area contributed by atoms with E-state index in [1.807, 2.05) is 0 Å². The highest BCUT2D eigenvalue weighted by atomic mass is 19.1. The lowest BCUT2D eigenvalue weighted by atomic mass is 10.2. The lowest BCUT2D eigenvalue weighted by Gasteiger charge is -2.15. The number of methoxy groups -OCH3 is 1. The number of carbonyl (C=O) groups excluding carboxylic acids is 2. The molecule has 0 heterocycles. The van der Waals surface area contributed by atoms with Crippen LogP contribution in [0.25, 0.3) is 0 Å². The first-order chi connectivity index (χ1) is 15.0. The monoisotopic (exact) mass is 423 g/mol. The molecule has 160 valence electrons. The molecule has 0 spiro atoms. The van der Waals surface area contributed by atoms with Crippen molar-refractivity contribution in [1.29, 1.82) is 0 Å². The Hall–Kier alpha value is -3.87. The fourth-order valence-corrected chi connectivity index (χ4v) is 2.70. The van der Waals surface area contributed by atoms with Crippen LogP contribution < -0.4 is 14.8 Å². The summed E-state index contributed by atoms with van der Waals surface area (Å²) in [5, 5.41) is 2.68. The third-order valence-electron chi connectivity index (χ3n) is 4.43. The van der Waals surface area contributed by atoms with Gasteiger partial charge in [0.1, 0.15) is 29.5 Å². The minimum Gasteiger partial charge on any atom is -0.497 e. The van der Waals surface area contributed by atoms with Crippen LogP contribution in [0.3, 0.4) is 0 Å². The average molecular weight is 423 g/mol. The highest BCUT2D eigenvalue weighted by molar-refractivity contribution is 5.98. The largest absolute Gasteiger partial charge is 0.497 e. The van der Waals surface area contributed by atoms with Gasteiger partial charge >= 0.3 is 5.97 Å². The van der Waals surface area contributed by atoms with Gasteiger partial charge in [0.2, 0.25) is 0 Å². The van der Waals surface area contributed by atoms with Crippen LogP contribution in [0.5, 0.6) is 11.5 Å². The first kappa shape index (κ1) is 21.8. The van der Waals surface area contributed by atoms with Gasteiger partial charge in [-0.1, -0.05) is 24.3 Å². The van der Waals surface area contributed by atoms with E-state index >= 15 is 0 Å². The zero-order chi connectivity index (χ0) is 22.2. The number of nitrogens with one attached hydrogen (secondary N) is 1. The molecule has 1 N–H and O–H groups in total. The smallest absolute Gasteiger partial charge is 0.342 e. The minimum absolute atomic E-state index is 0.151. The van der Waals surface area contributed by atoms with E-state index in [0.29, 0.717) is 17.2 Å². The van der Waals surface area contributed by atoms with Gasteiger partial charge in [0, 0.05) is 5.69 Å². The minimum atomic E-state index is -1.03. The Labute approximate surface area is 179 Å². The molecule has 0 saturated heterocycles. The first-order valence-corrected chi connectivity index (χ1v) is 9.58. The zero-order valence-electron chi connectivity index (χ0n) is 17.1. The maximum atomic E-state index is 13.0. The van der Waals surface area contributed by atoms with Crippen LogP contribution in [0, 0.1) is 5.82 Å². The van der Waals surface area contributed by atoms with E-state index in [1.165, 1.54) is 19.1 Å². The molecule has 0 radical (unpaired) electrons. The second-order valence-corrected chi connectivity index (χ2v) is 6.68. The number of esters is 1. The molecule has 3 aromatic carbocycles. The molecule has 7 heteroatoms. The zero-order valence-corrected chi connectivity index (χ0v) is 17.1. The second kappa shape index (κ2) is 10.2. The van der Waals surface area contributed by atoms with Gasteiger partial charge in [-0.25, -0.2) is 9.18 Å². The molecule has 3 aromatic rings. The van der Waals surface area contributed by atoms with E-state index < -0.39 is 18.0 Å². The van der Waals surface area contributed by atoms with Gasteiger partial charge in [-0.2, -0.15) is 0 Å². The summed E-state index contributed by atoms with van der Waals surface area (Å²) < 4.78 is 29.1. The van der Waals surface area contributed by atoms with Crippen LogP contribution in [0.2, 0.25) is 0 Å². The predicted octanol–water partition coefficient (Wildman–Crippen LogP) is 4.60. The van der Waals surface area contributed by atoms with Gasteiger partial charge in [0.05, 0.1) is 7.11 Å². The van der Waals surface area contributed by atoms with Crippen molar-refractivity contribution < 1.29 is 28.2 Å². The van der Waals surface area contributed by atoms with Crippen molar-refractivity contribution >= 4 is 17.6 Å². The van der Waals surface area contributed by atoms with E-state index in [-0.39, 0.29) is 18.0 Å². The molecule has 0 aromatic heterocycles. The van der Waals surface area contributed by atoms with Crippen molar-refractivity contribution in [2.45, 2.75) is 19.6 Å². The summed E-state index contributed by atoms with van der Waals surface area (Å²) in [6, 6.07) is 19.2. The third kappa shape index (κ3) is 6.05. The summed E-state index contributed by atoms with van der Waals surface area (Å²) in [4.78, 5) is 25.0. The number of carbonyl (C=O) groups is 2. The molecule has 1 unspecified atom stereocenters. The molecule has 0 aliphatic carbocycles. The fraction of sp³-hybridized carbons (Fsp3) is 0.167. The summed E-state index contributed by atoms with van der Waals surface area (Å²) in [6.07, 6.45) is -1.03. The number of amides is 1. The maximum absolute atomic E-state index is 13.0. The standard InChI is InChI=1S/C24H22FNO5/c1-16(23(27)26-19-11-13-20(29-2)14-12-19)31-24(28)21-5-3-4-6-22(21)30-15-17-7-9-18(25)10-8-17/h3-14,16H,15H2,1-2H3,(H,26,27). The number of halogens is 1. The molecule has 0 bridgehead atoms. The Morgan fingerprint density at radius 3 is 2.32 bits per heavy atom. The third-order valence-corrected chi connectivity index (χ3v) is 4.43. The summed E-state index contributed by atoms with van der Waals surface area (Å²) >= 11 is 0. The lowest BCUT2D eigenvalue weighted by molar-refractivity contribution is -0.123. The fourth-order valence-electron chi connectivity index (χ4n) is 2.70. The van der Waals surface area contributed by atoms with E-state index in [0.717, 1.165) is 5.56 Å². The topological polar surface area (TPSA) is 73.9 Å². The molecular formula is C24H22FNO5. The van der Waals surface area contributed by atoms with Gasteiger partial charge in [-0.3, -0.25) is 4.79 Å². The van der Waals surface area contributed by atoms with Crippen LogP contribution in [0.1, 0.15) is 22.8 Å². The van der Waals surface area contributed by atoms with Crippen molar-refractivity contribution in [3.63, 3.8) is 0 Å². The molecule has 0 aliphatic rings. The lowest BCUT2D eigenvalue weighted by Crippen LogP contribution is -2.30. The quantitative estimate of drug-likeness (QED) is 0.536. The molecule has 0 saturated carbocycles. The Balaban J connectivity index is 1.61. The Kier molecular flexibility index (Phi) is 7.22. The van der Waals surface area contributed by atoms with Crippen LogP contribution in [0.15, 0.2) is 72.8 Å². The number of anilines is 1. The predicted molar refractivity (Wildman–Crippen MR) is 114 cm³/mol. The number of hydrogen-bond donors (Lipinski definition) is 1. The Morgan fingerprint density at radius 1 is 0.968 bits per heavy atom. The Bertz CT molecular complexity index is 1030. The number of para-hydroxylation sites is 1. The Morgan fingerprint density at radius 2 is 1.65 bits per heavy atom. The molecule has 1 amide bonds. The molecule has 1 atom stereocenters. The number of benzene rings is 3. The highest BCUT2D eigenvalue weighted by Gasteiger charge is 2.21. The molecule has 3 rings (SSSR count). The van der Waals surface area contributed by atoms with Crippen molar-refractivity contribution in [3.05, 3.63) is 89.7 Å². The number of hydrogen-bond acceptors (Lipinski definition) is 5. The number of ether oxygens (including phenoxy) is 3. The second-order valence-electron chi connectivity index (χ2n) is 6.68. The van der Waals surface area contributed by atoms with Crippen LogP contribution in [0.4, 0.5) is 10.1 Å². The maximum Gasteiger partial charge on any atom is 0.342 e. The van der Waals surface area contributed by atoms with E-state index in [1.54, 1.807) is 67.8 Å². The van der Waals surface area contributed by atoms with E-state index in [9.17, 15) is 14.0 Å². The molecular weight excluding hydrogens is 401 g/mol. The van der Waals surface area contributed by atoms with Gasteiger partial charge in [0.15, 0.2) is 6.10 Å². The molecule has 6 nitrogen and oxygen atoms in total. The van der Waals surface area contributed by atoms with Gasteiger partial charge in [-0.05, 0) is 61.0 Å². The average Bonchev–Trinajstić information content (AvgIpc) is 2.79. The van der Waals surface area contributed by atoms with Gasteiger partial charge in [-0.15, -0.1) is 0 Å². The summed E-state index contributed by atoms with van der Waals surface area (Å²) in [5.74, 6) is -0.528. The summed E-state index contributed by atoms with van der Waals surface area (Å²) in [6.45, 7) is 1.64. The van der Waals surface area contributed by atoms with Crippen molar-refractivity contribution in [3.8, 4) is 11.5 Å². The summed E-state index contributed by atoms with van der Waals surface area (Å²) in [5.41, 5.74) is 1.49. The van der Waals surface area contributed by atoms with E-state index in [2.05, 4.69) is 5.32 Å². The van der Waals surface area contributed by atoms with Crippen molar-refractivity contribution in [2.75, 3.05) is 12.4 Å². The van der Waals surface area contributed by atoms with Crippen molar-refractivity contribution in [2.24, 2.45) is 0 Å². The van der Waals surface area contributed by atoms with Crippen LogP contribution in [-0.2, 0) is 16.1 Å². The van der Waals surface area contributed by atoms with Gasteiger partial charge in [0.25, 0.3) is 5.91 Å². The molecule has 0 fully saturated rings. The molecule has 31 heavy (non-hydrogen) atoms.